The van der Waals surface area contributed by atoms with Gasteiger partial charge in [-0.05, 0) is 27.7 Å². The van der Waals surface area contributed by atoms with E-state index in [0.29, 0.717) is 0 Å². The summed E-state index contributed by atoms with van der Waals surface area (Å²) in [7, 11) is 2.89. The molecule has 0 heterocycles. The van der Waals surface area contributed by atoms with Crippen molar-refractivity contribution in [2.75, 3.05) is 14.2 Å². The molecule has 0 N–H and O–H groups in total. The van der Waals surface area contributed by atoms with E-state index in [4.69, 9.17) is 14.2 Å². The van der Waals surface area contributed by atoms with Crippen molar-refractivity contribution in [2.24, 2.45) is 0 Å². The summed E-state index contributed by atoms with van der Waals surface area (Å²) < 4.78 is 15.1. The summed E-state index contributed by atoms with van der Waals surface area (Å²) in [5, 5.41) is 0. The number of carbonyl (C=O) groups excluding carboxylic acids is 2. The molecule has 0 spiro atoms. The van der Waals surface area contributed by atoms with Crippen LogP contribution in [0.25, 0.3) is 0 Å². The highest BCUT2D eigenvalue weighted by molar-refractivity contribution is 5.98. The molecule has 0 aliphatic rings. The molecule has 0 rings (SSSR count). The van der Waals surface area contributed by atoms with Gasteiger partial charge in [0, 0.05) is 14.2 Å². The van der Waals surface area contributed by atoms with Crippen LogP contribution in [0.4, 0.5) is 0 Å². The minimum Gasteiger partial charge on any atom is -0.460 e. The molecule has 0 saturated heterocycles. The van der Waals surface area contributed by atoms with Gasteiger partial charge in [0.1, 0.15) is 18.1 Å². The van der Waals surface area contributed by atoms with Crippen LogP contribution in [0.3, 0.4) is 0 Å². The van der Waals surface area contributed by atoms with Crippen LogP contribution in [0.15, 0.2) is 0 Å². The van der Waals surface area contributed by atoms with Gasteiger partial charge in [-0.3, -0.25) is 9.59 Å². The van der Waals surface area contributed by atoms with Crippen molar-refractivity contribution >= 4 is 11.8 Å². The molecule has 0 aromatic rings. The van der Waals surface area contributed by atoms with E-state index < -0.39 is 23.8 Å². The Bertz CT molecular complexity index is 267. The number of ketones is 1. The standard InChI is InChI=1S/C12H22O5/c1-8(15-5)11(16-6)9(13)7-10(14)17-12(2,3)4/h8,11H,7H2,1-6H3/t8-,11+/m1/s1. The van der Waals surface area contributed by atoms with Gasteiger partial charge in [0.2, 0.25) is 0 Å². The average molecular weight is 246 g/mol. The lowest BCUT2D eigenvalue weighted by Gasteiger charge is -2.22. The zero-order valence-electron chi connectivity index (χ0n) is 11.4. The van der Waals surface area contributed by atoms with Gasteiger partial charge in [0.05, 0.1) is 6.10 Å². The van der Waals surface area contributed by atoms with E-state index in [1.165, 1.54) is 14.2 Å². The predicted molar refractivity (Wildman–Crippen MR) is 62.7 cm³/mol. The highest BCUT2D eigenvalue weighted by Crippen LogP contribution is 2.11. The molecular formula is C12H22O5. The SMILES string of the molecule is CO[C@H](C(=O)CC(=O)OC(C)(C)C)[C@@H](C)OC. The number of carbonyl (C=O) groups is 2. The minimum absolute atomic E-state index is 0.302. The van der Waals surface area contributed by atoms with Gasteiger partial charge in [0.15, 0.2) is 5.78 Å². The van der Waals surface area contributed by atoms with Gasteiger partial charge in [0.25, 0.3) is 0 Å². The largest absolute Gasteiger partial charge is 0.460 e. The Hall–Kier alpha value is -0.940. The first-order valence-corrected chi connectivity index (χ1v) is 5.51. The van der Waals surface area contributed by atoms with E-state index >= 15 is 0 Å². The van der Waals surface area contributed by atoms with Crippen LogP contribution in [0.2, 0.25) is 0 Å². The molecule has 2 atom stereocenters. The van der Waals surface area contributed by atoms with Gasteiger partial charge in [-0.15, -0.1) is 0 Å². The van der Waals surface area contributed by atoms with E-state index in [-0.39, 0.29) is 12.2 Å². The summed E-state index contributed by atoms with van der Waals surface area (Å²) >= 11 is 0. The van der Waals surface area contributed by atoms with Crippen molar-refractivity contribution in [3.8, 4) is 0 Å². The van der Waals surface area contributed by atoms with Crippen molar-refractivity contribution in [2.45, 2.75) is 51.9 Å². The summed E-state index contributed by atoms with van der Waals surface area (Å²) in [6.45, 7) is 6.96. The molecule has 5 nitrogen and oxygen atoms in total. The van der Waals surface area contributed by atoms with Crippen LogP contribution in [-0.2, 0) is 23.8 Å². The maximum absolute atomic E-state index is 11.8. The summed E-state index contributed by atoms with van der Waals surface area (Å²) in [5.74, 6) is -0.885. The smallest absolute Gasteiger partial charge is 0.313 e. The molecule has 0 amide bonds. The van der Waals surface area contributed by atoms with Crippen molar-refractivity contribution < 1.29 is 23.8 Å². The highest BCUT2D eigenvalue weighted by atomic mass is 16.6. The summed E-state index contributed by atoms with van der Waals surface area (Å²) in [5.41, 5.74) is -0.590. The number of hydrogen-bond acceptors (Lipinski definition) is 5. The molecule has 100 valence electrons. The third-order valence-electron chi connectivity index (χ3n) is 2.11. The van der Waals surface area contributed by atoms with E-state index in [2.05, 4.69) is 0 Å². The molecule has 0 aromatic carbocycles. The number of Topliss-reactive ketones (excluding diaryl/α,β-unsaturated/α-hetero) is 1. The van der Waals surface area contributed by atoms with Gasteiger partial charge in [-0.1, -0.05) is 0 Å². The molecule has 5 heteroatoms. The van der Waals surface area contributed by atoms with Gasteiger partial charge >= 0.3 is 5.97 Å². The van der Waals surface area contributed by atoms with Gasteiger partial charge in [-0.25, -0.2) is 0 Å². The third kappa shape index (κ3) is 6.38. The first-order valence-electron chi connectivity index (χ1n) is 5.51. The van der Waals surface area contributed by atoms with Crippen LogP contribution in [0, 0.1) is 0 Å². The molecule has 17 heavy (non-hydrogen) atoms. The third-order valence-corrected chi connectivity index (χ3v) is 2.11. The molecule has 0 fully saturated rings. The molecule has 0 saturated carbocycles. The van der Waals surface area contributed by atoms with Crippen LogP contribution >= 0.6 is 0 Å². The molecule has 0 aliphatic carbocycles. The fourth-order valence-electron chi connectivity index (χ4n) is 1.33. The maximum Gasteiger partial charge on any atom is 0.313 e. The Kier molecular flexibility index (Phi) is 6.34. The second kappa shape index (κ2) is 6.71. The van der Waals surface area contributed by atoms with Gasteiger partial charge < -0.3 is 14.2 Å². The van der Waals surface area contributed by atoms with E-state index in [1.807, 2.05) is 0 Å². The normalized spacial score (nSPS) is 15.2. The molecule has 0 unspecified atom stereocenters. The maximum atomic E-state index is 11.8. The average Bonchev–Trinajstić information content (AvgIpc) is 2.15. The van der Waals surface area contributed by atoms with E-state index in [9.17, 15) is 9.59 Å². The zero-order chi connectivity index (χ0) is 13.6. The number of ether oxygens (including phenoxy) is 3. The predicted octanol–water partition coefficient (Wildman–Crippen LogP) is 1.34. The highest BCUT2D eigenvalue weighted by Gasteiger charge is 2.28. The van der Waals surface area contributed by atoms with E-state index in [1.54, 1.807) is 27.7 Å². The Morgan fingerprint density at radius 3 is 2.00 bits per heavy atom. The molecule has 0 bridgehead atoms. The number of rotatable bonds is 6. The van der Waals surface area contributed by atoms with Crippen molar-refractivity contribution in [3.05, 3.63) is 0 Å². The number of esters is 1. The monoisotopic (exact) mass is 246 g/mol. The fourth-order valence-corrected chi connectivity index (χ4v) is 1.33. The summed E-state index contributed by atoms with van der Waals surface area (Å²) in [6, 6.07) is 0. The summed E-state index contributed by atoms with van der Waals surface area (Å²) in [4.78, 5) is 23.2. The number of methoxy groups -OCH3 is 2. The van der Waals surface area contributed by atoms with Crippen LogP contribution < -0.4 is 0 Å². The zero-order valence-corrected chi connectivity index (χ0v) is 11.4. The van der Waals surface area contributed by atoms with Crippen molar-refractivity contribution in [1.29, 1.82) is 0 Å². The molecular weight excluding hydrogens is 224 g/mol. The van der Waals surface area contributed by atoms with E-state index in [0.717, 1.165) is 0 Å². The Morgan fingerprint density at radius 2 is 1.65 bits per heavy atom. The topological polar surface area (TPSA) is 61.8 Å². The Labute approximate surface area is 102 Å². The van der Waals surface area contributed by atoms with Gasteiger partial charge in [-0.2, -0.15) is 0 Å². The lowest BCUT2D eigenvalue weighted by atomic mass is 10.1. The quantitative estimate of drug-likeness (QED) is 0.522. The molecule has 0 aliphatic heterocycles. The second-order valence-electron chi connectivity index (χ2n) is 4.83. The summed E-state index contributed by atoms with van der Waals surface area (Å²) in [6.07, 6.45) is -1.44. The first-order chi connectivity index (χ1) is 7.71. The molecule has 0 radical (unpaired) electrons. The number of hydrogen-bond donors (Lipinski definition) is 0. The second-order valence-corrected chi connectivity index (χ2v) is 4.83. The Morgan fingerprint density at radius 1 is 1.12 bits per heavy atom. The first kappa shape index (κ1) is 16.1. The lowest BCUT2D eigenvalue weighted by Crippen LogP contribution is -2.37. The van der Waals surface area contributed by atoms with Crippen LogP contribution in [0.5, 0.6) is 0 Å². The van der Waals surface area contributed by atoms with Crippen molar-refractivity contribution in [3.63, 3.8) is 0 Å². The van der Waals surface area contributed by atoms with Crippen LogP contribution in [0.1, 0.15) is 34.1 Å². The fraction of sp³-hybridized carbons (Fsp3) is 0.833. The van der Waals surface area contributed by atoms with Crippen molar-refractivity contribution in [1.82, 2.24) is 0 Å². The Balaban J connectivity index is 4.37. The minimum atomic E-state index is -0.743. The lowest BCUT2D eigenvalue weighted by molar-refractivity contribution is -0.158. The molecule has 0 aromatic heterocycles. The van der Waals surface area contributed by atoms with Crippen LogP contribution in [-0.4, -0.2) is 43.8 Å².